The summed E-state index contributed by atoms with van der Waals surface area (Å²) in [7, 11) is 0. The molecule has 0 aromatic heterocycles. The zero-order chi connectivity index (χ0) is 13.7. The molecular formula is C15H15BrN2O. The second-order valence-electron chi connectivity index (χ2n) is 4.24. The molecule has 0 saturated carbocycles. The van der Waals surface area contributed by atoms with Gasteiger partial charge in [0.05, 0.1) is 6.04 Å². The minimum absolute atomic E-state index is 0.0544. The summed E-state index contributed by atoms with van der Waals surface area (Å²) in [6.07, 6.45) is 0. The molecule has 2 N–H and O–H groups in total. The zero-order valence-electron chi connectivity index (χ0n) is 10.6. The van der Waals surface area contributed by atoms with Gasteiger partial charge in [-0.3, -0.25) is 0 Å². The number of halogens is 1. The van der Waals surface area contributed by atoms with E-state index in [4.69, 9.17) is 0 Å². The van der Waals surface area contributed by atoms with E-state index in [-0.39, 0.29) is 12.1 Å². The van der Waals surface area contributed by atoms with E-state index in [0.717, 1.165) is 15.7 Å². The van der Waals surface area contributed by atoms with E-state index in [0.29, 0.717) is 0 Å². The Morgan fingerprint density at radius 1 is 1.11 bits per heavy atom. The van der Waals surface area contributed by atoms with Crippen LogP contribution >= 0.6 is 15.9 Å². The monoisotopic (exact) mass is 318 g/mol. The number of carbonyl (C=O) groups is 1. The van der Waals surface area contributed by atoms with Crippen molar-refractivity contribution in [2.24, 2.45) is 0 Å². The van der Waals surface area contributed by atoms with Gasteiger partial charge in [-0.15, -0.1) is 0 Å². The molecule has 98 valence electrons. The number of urea groups is 1. The van der Waals surface area contributed by atoms with Gasteiger partial charge in [0.25, 0.3) is 0 Å². The van der Waals surface area contributed by atoms with Crippen LogP contribution in [0.15, 0.2) is 59.1 Å². The van der Waals surface area contributed by atoms with Crippen LogP contribution in [0.2, 0.25) is 0 Å². The third-order valence-electron chi connectivity index (χ3n) is 2.73. The lowest BCUT2D eigenvalue weighted by molar-refractivity contribution is 0.249. The number of carbonyl (C=O) groups excluding carboxylic acids is 1. The van der Waals surface area contributed by atoms with Gasteiger partial charge in [-0.1, -0.05) is 46.3 Å². The van der Waals surface area contributed by atoms with Gasteiger partial charge in [0, 0.05) is 10.2 Å². The summed E-state index contributed by atoms with van der Waals surface area (Å²) in [6.45, 7) is 1.95. The molecule has 0 aliphatic rings. The highest BCUT2D eigenvalue weighted by molar-refractivity contribution is 9.10. The van der Waals surface area contributed by atoms with Crippen molar-refractivity contribution in [1.29, 1.82) is 0 Å². The minimum Gasteiger partial charge on any atom is -0.331 e. The molecule has 2 aromatic carbocycles. The molecule has 1 unspecified atom stereocenters. The molecular weight excluding hydrogens is 304 g/mol. The van der Waals surface area contributed by atoms with Crippen LogP contribution in [0.3, 0.4) is 0 Å². The topological polar surface area (TPSA) is 41.1 Å². The summed E-state index contributed by atoms with van der Waals surface area (Å²) in [6, 6.07) is 17.0. The van der Waals surface area contributed by atoms with Crippen molar-refractivity contribution in [3.8, 4) is 0 Å². The van der Waals surface area contributed by atoms with Crippen LogP contribution in [0.1, 0.15) is 18.5 Å². The van der Waals surface area contributed by atoms with Crippen molar-refractivity contribution in [3.05, 3.63) is 64.6 Å². The van der Waals surface area contributed by atoms with Gasteiger partial charge in [-0.25, -0.2) is 4.79 Å². The molecule has 0 radical (unpaired) electrons. The Labute approximate surface area is 121 Å². The molecule has 19 heavy (non-hydrogen) atoms. The Kier molecular flexibility index (Phi) is 4.58. The average molecular weight is 319 g/mol. The van der Waals surface area contributed by atoms with Gasteiger partial charge in [0.15, 0.2) is 0 Å². The highest BCUT2D eigenvalue weighted by Gasteiger charge is 2.09. The number of anilines is 1. The van der Waals surface area contributed by atoms with Crippen LogP contribution in [0.25, 0.3) is 0 Å². The van der Waals surface area contributed by atoms with Crippen molar-refractivity contribution >= 4 is 27.6 Å². The molecule has 1 atom stereocenters. The van der Waals surface area contributed by atoms with Gasteiger partial charge >= 0.3 is 6.03 Å². The fourth-order valence-electron chi connectivity index (χ4n) is 1.74. The summed E-state index contributed by atoms with van der Waals surface area (Å²) in [5.41, 5.74) is 1.83. The normalized spacial score (nSPS) is 11.7. The lowest BCUT2D eigenvalue weighted by Crippen LogP contribution is -2.31. The average Bonchev–Trinajstić information content (AvgIpc) is 2.39. The summed E-state index contributed by atoms with van der Waals surface area (Å²) in [5, 5.41) is 5.70. The van der Waals surface area contributed by atoms with E-state index in [1.54, 1.807) is 0 Å². The Hall–Kier alpha value is -1.81. The van der Waals surface area contributed by atoms with Gasteiger partial charge in [0.1, 0.15) is 0 Å². The third-order valence-corrected chi connectivity index (χ3v) is 3.22. The van der Waals surface area contributed by atoms with E-state index < -0.39 is 0 Å². The van der Waals surface area contributed by atoms with E-state index in [1.807, 2.05) is 61.5 Å². The Morgan fingerprint density at radius 3 is 2.53 bits per heavy atom. The molecule has 0 aliphatic carbocycles. The van der Waals surface area contributed by atoms with Crippen LogP contribution in [-0.2, 0) is 0 Å². The maximum absolute atomic E-state index is 11.8. The van der Waals surface area contributed by atoms with E-state index in [1.165, 1.54) is 0 Å². The lowest BCUT2D eigenvalue weighted by Gasteiger charge is -2.15. The summed E-state index contributed by atoms with van der Waals surface area (Å²) >= 11 is 3.42. The predicted octanol–water partition coefficient (Wildman–Crippen LogP) is 4.33. The molecule has 2 aromatic rings. The molecule has 0 spiro atoms. The van der Waals surface area contributed by atoms with E-state index in [9.17, 15) is 4.79 Å². The molecule has 0 aliphatic heterocycles. The Morgan fingerprint density at radius 2 is 1.84 bits per heavy atom. The molecule has 3 nitrogen and oxygen atoms in total. The second kappa shape index (κ2) is 6.38. The van der Waals surface area contributed by atoms with E-state index >= 15 is 0 Å². The number of benzene rings is 2. The van der Waals surface area contributed by atoms with Gasteiger partial charge in [-0.05, 0) is 36.8 Å². The van der Waals surface area contributed by atoms with E-state index in [2.05, 4.69) is 26.6 Å². The van der Waals surface area contributed by atoms with Gasteiger partial charge in [0.2, 0.25) is 0 Å². The maximum atomic E-state index is 11.8. The number of hydrogen-bond donors (Lipinski definition) is 2. The number of nitrogens with one attached hydrogen (secondary N) is 2. The van der Waals surface area contributed by atoms with Crippen molar-refractivity contribution in [1.82, 2.24) is 5.32 Å². The second-order valence-corrected chi connectivity index (χ2v) is 5.16. The quantitative estimate of drug-likeness (QED) is 0.868. The Balaban J connectivity index is 1.95. The molecule has 0 heterocycles. The highest BCUT2D eigenvalue weighted by atomic mass is 79.9. The summed E-state index contributed by atoms with van der Waals surface area (Å²) in [5.74, 6) is 0. The number of hydrogen-bond acceptors (Lipinski definition) is 1. The van der Waals surface area contributed by atoms with Crippen molar-refractivity contribution in [3.63, 3.8) is 0 Å². The zero-order valence-corrected chi connectivity index (χ0v) is 12.1. The molecule has 2 amide bonds. The maximum Gasteiger partial charge on any atom is 0.319 e. The van der Waals surface area contributed by atoms with Crippen LogP contribution in [-0.4, -0.2) is 6.03 Å². The first kappa shape index (κ1) is 13.6. The van der Waals surface area contributed by atoms with Crippen molar-refractivity contribution in [2.45, 2.75) is 13.0 Å². The molecule has 0 saturated heterocycles. The SMILES string of the molecule is CC(NC(=O)Nc1ccccc1)c1cccc(Br)c1. The molecule has 4 heteroatoms. The fourth-order valence-corrected chi connectivity index (χ4v) is 2.16. The number of amides is 2. The van der Waals surface area contributed by atoms with Crippen LogP contribution in [0.5, 0.6) is 0 Å². The highest BCUT2D eigenvalue weighted by Crippen LogP contribution is 2.18. The first-order chi connectivity index (χ1) is 9.15. The molecule has 2 rings (SSSR count). The van der Waals surface area contributed by atoms with Gasteiger partial charge in [-0.2, -0.15) is 0 Å². The largest absolute Gasteiger partial charge is 0.331 e. The smallest absolute Gasteiger partial charge is 0.319 e. The first-order valence-electron chi connectivity index (χ1n) is 6.03. The minimum atomic E-state index is -0.210. The molecule has 0 fully saturated rings. The third kappa shape index (κ3) is 4.10. The Bertz CT molecular complexity index is 557. The summed E-state index contributed by atoms with van der Waals surface area (Å²) in [4.78, 5) is 11.8. The van der Waals surface area contributed by atoms with Gasteiger partial charge < -0.3 is 10.6 Å². The van der Waals surface area contributed by atoms with Crippen molar-refractivity contribution in [2.75, 3.05) is 5.32 Å². The standard InChI is InChI=1S/C15H15BrN2O/c1-11(12-6-5-7-13(16)10-12)17-15(19)18-14-8-3-2-4-9-14/h2-11H,1H3,(H2,17,18,19). The lowest BCUT2D eigenvalue weighted by atomic mass is 10.1. The predicted molar refractivity (Wildman–Crippen MR) is 81.2 cm³/mol. The number of rotatable bonds is 3. The van der Waals surface area contributed by atoms with Crippen LogP contribution in [0, 0.1) is 0 Å². The van der Waals surface area contributed by atoms with Crippen LogP contribution in [0.4, 0.5) is 10.5 Å². The van der Waals surface area contributed by atoms with Crippen molar-refractivity contribution < 1.29 is 4.79 Å². The summed E-state index contributed by atoms with van der Waals surface area (Å²) < 4.78 is 1.00. The fraction of sp³-hybridized carbons (Fsp3) is 0.133. The first-order valence-corrected chi connectivity index (χ1v) is 6.82. The molecule has 0 bridgehead atoms. The van der Waals surface area contributed by atoms with Crippen LogP contribution < -0.4 is 10.6 Å². The number of para-hydroxylation sites is 1.